The van der Waals surface area contributed by atoms with E-state index in [4.69, 9.17) is 9.47 Å². The molecule has 2 amide bonds. The number of hydrogen-bond donors (Lipinski definition) is 1. The molecule has 174 valence electrons. The molecule has 0 atom stereocenters. The lowest BCUT2D eigenvalue weighted by atomic mass is 10.2. The van der Waals surface area contributed by atoms with E-state index in [1.807, 2.05) is 6.07 Å². The van der Waals surface area contributed by atoms with Gasteiger partial charge in [-0.05, 0) is 30.3 Å². The number of alkyl halides is 3. The number of amides is 2. The van der Waals surface area contributed by atoms with Crippen LogP contribution in [0.2, 0.25) is 0 Å². The van der Waals surface area contributed by atoms with Crippen LogP contribution in [0.1, 0.15) is 5.56 Å². The van der Waals surface area contributed by atoms with Crippen molar-refractivity contribution in [2.45, 2.75) is 6.18 Å². The number of carbonyl (C=O) groups is 1. The number of benzene rings is 2. The highest BCUT2D eigenvalue weighted by Gasteiger charge is 2.30. The molecule has 1 aromatic heterocycles. The molecule has 8 nitrogen and oxygen atoms in total. The number of fused-ring (bicyclic) bond motifs is 1. The molecule has 0 radical (unpaired) electrons. The van der Waals surface area contributed by atoms with Crippen LogP contribution in [0.5, 0.6) is 11.5 Å². The Kier molecular flexibility index (Phi) is 6.12. The number of nitrogens with one attached hydrogen (secondary N) is 1. The molecule has 2 aromatic carbocycles. The topological polar surface area (TPSA) is 79.8 Å². The number of ether oxygens (including phenoxy) is 2. The first kappa shape index (κ1) is 22.4. The summed E-state index contributed by atoms with van der Waals surface area (Å²) in [6.45, 7) is 1.90. The Balaban J connectivity index is 1.43. The number of piperazine rings is 1. The van der Waals surface area contributed by atoms with Crippen LogP contribution < -0.4 is 19.7 Å². The van der Waals surface area contributed by atoms with Gasteiger partial charge < -0.3 is 24.6 Å². The van der Waals surface area contributed by atoms with Crippen LogP contribution in [-0.2, 0) is 6.18 Å². The van der Waals surface area contributed by atoms with Gasteiger partial charge in [-0.3, -0.25) is 0 Å². The Bertz CT molecular complexity index is 1150. The number of nitrogens with zero attached hydrogens (tertiary/aromatic N) is 4. The Labute approximate surface area is 187 Å². The average Bonchev–Trinajstić information content (AvgIpc) is 2.82. The molecule has 2 heterocycles. The van der Waals surface area contributed by atoms with Gasteiger partial charge in [-0.15, -0.1) is 0 Å². The maximum Gasteiger partial charge on any atom is 0.416 e. The van der Waals surface area contributed by atoms with Crippen LogP contribution in [0.25, 0.3) is 10.9 Å². The SMILES string of the molecule is COc1cc2ncnc(N3CCN(C(=O)Nc4ccc(C(F)(F)F)cc4)CC3)c2cc1OC. The van der Waals surface area contributed by atoms with Gasteiger partial charge in [0.15, 0.2) is 11.5 Å². The summed E-state index contributed by atoms with van der Waals surface area (Å²) in [7, 11) is 3.11. The maximum absolute atomic E-state index is 12.7. The Morgan fingerprint density at radius 1 is 0.970 bits per heavy atom. The van der Waals surface area contributed by atoms with E-state index in [-0.39, 0.29) is 6.03 Å². The van der Waals surface area contributed by atoms with E-state index in [9.17, 15) is 18.0 Å². The fourth-order valence-corrected chi connectivity index (χ4v) is 3.69. The molecule has 0 bridgehead atoms. The van der Waals surface area contributed by atoms with Crippen molar-refractivity contribution in [2.75, 3.05) is 50.6 Å². The zero-order valence-corrected chi connectivity index (χ0v) is 18.0. The third kappa shape index (κ3) is 4.71. The number of hydrogen-bond acceptors (Lipinski definition) is 6. The molecule has 4 rings (SSSR count). The number of urea groups is 1. The quantitative estimate of drug-likeness (QED) is 0.632. The predicted octanol–water partition coefficient (Wildman–Crippen LogP) is 4.02. The van der Waals surface area contributed by atoms with Crippen molar-refractivity contribution in [1.29, 1.82) is 0 Å². The van der Waals surface area contributed by atoms with Crippen molar-refractivity contribution < 1.29 is 27.4 Å². The van der Waals surface area contributed by atoms with E-state index in [1.54, 1.807) is 25.2 Å². The fraction of sp³-hybridized carbons (Fsp3) is 0.318. The first-order valence-electron chi connectivity index (χ1n) is 10.1. The van der Waals surface area contributed by atoms with Gasteiger partial charge in [0.25, 0.3) is 0 Å². The largest absolute Gasteiger partial charge is 0.493 e. The van der Waals surface area contributed by atoms with E-state index in [0.29, 0.717) is 48.9 Å². The molecular weight excluding hydrogens is 439 g/mol. The molecule has 1 aliphatic heterocycles. The smallest absolute Gasteiger partial charge is 0.416 e. The van der Waals surface area contributed by atoms with Crippen molar-refractivity contribution in [3.05, 3.63) is 48.3 Å². The molecule has 1 aliphatic rings. The number of anilines is 2. The van der Waals surface area contributed by atoms with Gasteiger partial charge in [0.1, 0.15) is 12.1 Å². The average molecular weight is 461 g/mol. The van der Waals surface area contributed by atoms with Crippen LogP contribution >= 0.6 is 0 Å². The maximum atomic E-state index is 12.7. The molecule has 1 fully saturated rings. The zero-order chi connectivity index (χ0) is 23.6. The number of carbonyl (C=O) groups excluding carboxylic acids is 1. The molecule has 0 spiro atoms. The summed E-state index contributed by atoms with van der Waals surface area (Å²) in [5.41, 5.74) is 0.249. The van der Waals surface area contributed by atoms with Crippen LogP contribution in [-0.4, -0.2) is 61.3 Å². The summed E-state index contributed by atoms with van der Waals surface area (Å²) < 4.78 is 48.8. The van der Waals surface area contributed by atoms with Gasteiger partial charge in [0, 0.05) is 43.3 Å². The third-order valence-electron chi connectivity index (χ3n) is 5.45. The fourth-order valence-electron chi connectivity index (χ4n) is 3.69. The zero-order valence-electron chi connectivity index (χ0n) is 18.0. The second kappa shape index (κ2) is 9.00. The van der Waals surface area contributed by atoms with E-state index < -0.39 is 11.7 Å². The summed E-state index contributed by atoms with van der Waals surface area (Å²) in [5.74, 6) is 1.86. The monoisotopic (exact) mass is 461 g/mol. The summed E-state index contributed by atoms with van der Waals surface area (Å²) in [6.07, 6.45) is -2.94. The molecule has 11 heteroatoms. The van der Waals surface area contributed by atoms with Gasteiger partial charge in [0.05, 0.1) is 25.3 Å². The minimum Gasteiger partial charge on any atom is -0.493 e. The van der Waals surface area contributed by atoms with Gasteiger partial charge in [-0.2, -0.15) is 13.2 Å². The van der Waals surface area contributed by atoms with Gasteiger partial charge >= 0.3 is 12.2 Å². The Morgan fingerprint density at radius 3 is 2.21 bits per heavy atom. The van der Waals surface area contributed by atoms with Crippen molar-refractivity contribution >= 4 is 28.4 Å². The van der Waals surface area contributed by atoms with E-state index in [0.717, 1.165) is 23.3 Å². The van der Waals surface area contributed by atoms with Crippen molar-refractivity contribution in [2.24, 2.45) is 0 Å². The standard InChI is InChI=1S/C22H22F3N5O3/c1-32-18-11-16-17(12-19(18)33-2)26-13-27-20(16)29-7-9-30(10-8-29)21(31)28-15-5-3-14(4-6-15)22(23,24)25/h3-6,11-13H,7-10H2,1-2H3,(H,28,31). The minimum atomic E-state index is -4.42. The van der Waals surface area contributed by atoms with Crippen LogP contribution in [0.3, 0.4) is 0 Å². The highest BCUT2D eigenvalue weighted by atomic mass is 19.4. The summed E-state index contributed by atoms with van der Waals surface area (Å²) in [4.78, 5) is 25.0. The van der Waals surface area contributed by atoms with E-state index >= 15 is 0 Å². The molecule has 33 heavy (non-hydrogen) atoms. The first-order chi connectivity index (χ1) is 15.8. The molecule has 1 N–H and O–H groups in total. The second-order valence-electron chi connectivity index (χ2n) is 7.40. The number of aromatic nitrogens is 2. The lowest BCUT2D eigenvalue weighted by Crippen LogP contribution is -2.50. The van der Waals surface area contributed by atoms with E-state index in [1.165, 1.54) is 18.5 Å². The predicted molar refractivity (Wildman–Crippen MR) is 117 cm³/mol. The van der Waals surface area contributed by atoms with Crippen LogP contribution in [0.15, 0.2) is 42.7 Å². The normalized spacial score (nSPS) is 14.3. The Hall–Kier alpha value is -3.76. The van der Waals surface area contributed by atoms with Crippen molar-refractivity contribution in [1.82, 2.24) is 14.9 Å². The highest BCUT2D eigenvalue weighted by molar-refractivity contribution is 5.92. The third-order valence-corrected chi connectivity index (χ3v) is 5.45. The van der Waals surface area contributed by atoms with Crippen molar-refractivity contribution in [3.8, 4) is 11.5 Å². The number of methoxy groups -OCH3 is 2. The molecule has 0 aliphatic carbocycles. The van der Waals surface area contributed by atoms with E-state index in [2.05, 4.69) is 20.2 Å². The summed E-state index contributed by atoms with van der Waals surface area (Å²) in [6, 6.07) is 7.61. The summed E-state index contributed by atoms with van der Waals surface area (Å²) >= 11 is 0. The molecule has 1 saturated heterocycles. The molecular formula is C22H22F3N5O3. The second-order valence-corrected chi connectivity index (χ2v) is 7.40. The van der Waals surface area contributed by atoms with Crippen LogP contribution in [0, 0.1) is 0 Å². The molecule has 0 unspecified atom stereocenters. The lowest BCUT2D eigenvalue weighted by Gasteiger charge is -2.35. The first-order valence-corrected chi connectivity index (χ1v) is 10.1. The summed E-state index contributed by atoms with van der Waals surface area (Å²) in [5, 5.41) is 3.45. The number of rotatable bonds is 4. The Morgan fingerprint density at radius 2 is 1.61 bits per heavy atom. The van der Waals surface area contributed by atoms with Crippen LogP contribution in [0.4, 0.5) is 29.5 Å². The van der Waals surface area contributed by atoms with Gasteiger partial charge in [0.2, 0.25) is 0 Å². The minimum absolute atomic E-state index is 0.304. The molecule has 3 aromatic rings. The van der Waals surface area contributed by atoms with Gasteiger partial charge in [-0.1, -0.05) is 0 Å². The molecule has 0 saturated carbocycles. The van der Waals surface area contributed by atoms with Gasteiger partial charge in [-0.25, -0.2) is 14.8 Å². The lowest BCUT2D eigenvalue weighted by molar-refractivity contribution is -0.137. The highest BCUT2D eigenvalue weighted by Crippen LogP contribution is 2.35. The van der Waals surface area contributed by atoms with Crippen molar-refractivity contribution in [3.63, 3.8) is 0 Å². The number of halogens is 3.